The van der Waals surface area contributed by atoms with E-state index in [4.69, 9.17) is 92.2 Å². The molecule has 1 amide bonds. The van der Waals surface area contributed by atoms with Gasteiger partial charge in [-0.3, -0.25) is 78.0 Å². The number of carbonyl (C=O) groups excluding carboxylic acids is 2. The molecule has 2 fully saturated rings. The molecule has 6 aromatic carbocycles. The molecular weight excluding hydrogens is 1630 g/mol. The summed E-state index contributed by atoms with van der Waals surface area (Å²) in [6, 6.07) is 37.2. The Balaban J connectivity index is -0.000000622. The highest BCUT2D eigenvalue weighted by molar-refractivity contribution is 7.85. The summed E-state index contributed by atoms with van der Waals surface area (Å²) in [4.78, 5) is 158. The predicted octanol–water partition coefficient (Wildman–Crippen LogP) is 7.17. The SMILES string of the molecule is CC(=O)C(=O)O.CC(C)(C)C(=O)O.Cc1ccc(S(=O)(=O)O)cc1.N[C@@H](CO)C(=O)O.N[C@@H](Cc1ccccc1)C(=O)O.O=C(O)CCCCCCCCC(=O)O.O=C(O)COc1ccccc1.O=C(O)Cc1ccccc1.O=C(O)[C@@H]1CCCN1.O=C(O)c1ccccc1O.O=C1CC[C@@H](C(=O)O)N1.O=[N+]([O-])c1cc([N+](=O)[O-])c(O)c([N+](=O)[O-])c1. The van der Waals surface area contributed by atoms with E-state index < -0.39 is 149 Å². The van der Waals surface area contributed by atoms with Gasteiger partial charge in [-0.1, -0.05) is 134 Å². The molecule has 121 heavy (non-hydrogen) atoms. The number of nitrogens with zero attached hydrogens (tertiary/aromatic N) is 3. The van der Waals surface area contributed by atoms with Crippen molar-refractivity contribution in [3.05, 3.63) is 204 Å². The first-order valence-corrected chi connectivity index (χ1v) is 36.7. The molecule has 6 aromatic rings. The van der Waals surface area contributed by atoms with Gasteiger partial charge < -0.3 is 98.3 Å². The molecule has 0 unspecified atom stereocenters. The number of aliphatic carboxylic acids is 10. The van der Waals surface area contributed by atoms with Crippen LogP contribution in [0.3, 0.4) is 0 Å². The summed E-state index contributed by atoms with van der Waals surface area (Å²) in [6.07, 6.45) is 8.87. The standard InChI is InChI=1S/C10H18O4.C9H11NO2.C8H8O3.C8H8O2.C7H8O3S.C7H6O3.C6H3N3O7.C5H7NO3.C5H9NO2.C5H10O2.C3H7NO3.C3H4O3/c11-9(12)7-5-3-1-2-4-6-8-10(13)14;10-8(9(11)12)6-7-4-2-1-3-5-7;9-8(10)6-11-7-4-2-1-3-5-7;9-8(10)6-7-4-2-1-3-5-7;1-6-2-4-7(5-3-6)11(8,9)10;8-6-4-2-1-3-5(6)7(9)10;10-6-4(8(13)14)1-3(7(11)12)2-5(6)9(15)16;7-4-2-1-3(6-4)5(8)9;7-5(8)4-2-1-3-6-4;1-5(2,3)4(6)7;4-2(1-5)3(6)7;1-2(4)3(5)6/h1-8H2,(H,11,12)(H,13,14);1-5,8H,6,10H2,(H,11,12);1-5H,6H2,(H,9,10);1-5H,6H2,(H,9,10);2-5H,1H3,(H,8,9,10);1-4,8H,(H,9,10);1-2,10H;3H,1-2H2,(H,6,7)(H,8,9);4,6H,1-3H2,(H,7,8);1-3H3,(H,6,7);2,5H,1,4H2,(H,6,7);1H3,(H,5,6)/t;8-;;;;;;3-;4-;;2-;/m.0.....00.0./s1. The van der Waals surface area contributed by atoms with E-state index in [0.717, 1.165) is 81.5 Å². The summed E-state index contributed by atoms with van der Waals surface area (Å²) < 4.78 is 34.4. The molecule has 0 aliphatic carbocycles. The Labute approximate surface area is 690 Å². The average molecular weight is 1730 g/mol. The zero-order valence-electron chi connectivity index (χ0n) is 65.9. The zero-order chi connectivity index (χ0) is 93.7. The zero-order valence-corrected chi connectivity index (χ0v) is 66.7. The van der Waals surface area contributed by atoms with E-state index in [2.05, 4.69) is 10.6 Å². The number of nitrogens with two attached hydrogens (primary N) is 2. The Bertz CT molecular complexity index is 4310. The van der Waals surface area contributed by atoms with Gasteiger partial charge in [0.1, 0.15) is 41.2 Å². The molecule has 8 rings (SSSR count). The third kappa shape index (κ3) is 61.1. The van der Waals surface area contributed by atoms with Crippen molar-refractivity contribution in [2.45, 2.75) is 154 Å². The number of non-ortho nitro benzene ring substituents is 1. The number of carbonyl (C=O) groups is 13. The van der Waals surface area contributed by atoms with E-state index in [9.17, 15) is 101 Å². The number of phenols is 2. The lowest BCUT2D eigenvalue weighted by atomic mass is 9.98. The number of aliphatic hydroxyl groups is 1. The van der Waals surface area contributed by atoms with Crippen molar-refractivity contribution in [3.8, 4) is 17.2 Å². The molecular formula is C76H99N7O37S. The number of benzene rings is 6. The number of ketones is 1. The summed E-state index contributed by atoms with van der Waals surface area (Å²) in [6.45, 7) is 7.90. The van der Waals surface area contributed by atoms with Crippen LogP contribution in [-0.4, -0.2) is 221 Å². The number of aromatic hydroxyl groups is 2. The monoisotopic (exact) mass is 1730 g/mol. The van der Waals surface area contributed by atoms with Crippen molar-refractivity contribution in [1.82, 2.24) is 10.6 Å². The van der Waals surface area contributed by atoms with Crippen molar-refractivity contribution in [3.63, 3.8) is 0 Å². The molecule has 0 bridgehead atoms. The lowest BCUT2D eigenvalue weighted by Gasteiger charge is -2.08. The number of nitrogens with one attached hydrogen (secondary N) is 2. The summed E-state index contributed by atoms with van der Waals surface area (Å²) in [5.74, 6) is -12.1. The largest absolute Gasteiger partial charge is 0.507 e. The number of aromatic carboxylic acids is 1. The second-order valence-corrected chi connectivity index (χ2v) is 26.8. The van der Waals surface area contributed by atoms with Gasteiger partial charge in [-0.05, 0) is 120 Å². The van der Waals surface area contributed by atoms with Crippen LogP contribution >= 0.6 is 0 Å². The molecule has 21 N–H and O–H groups in total. The van der Waals surface area contributed by atoms with E-state index in [1.54, 1.807) is 81.4 Å². The van der Waals surface area contributed by atoms with Gasteiger partial charge in [0.2, 0.25) is 11.7 Å². The highest BCUT2D eigenvalue weighted by Gasteiger charge is 2.31. The topological polar surface area (TPSA) is 774 Å². The maximum Gasteiger partial charge on any atom is 0.371 e. The van der Waals surface area contributed by atoms with Crippen molar-refractivity contribution in [2.24, 2.45) is 16.9 Å². The lowest BCUT2D eigenvalue weighted by Crippen LogP contribution is -2.33. The van der Waals surface area contributed by atoms with Gasteiger partial charge in [-0.15, -0.1) is 0 Å². The van der Waals surface area contributed by atoms with Crippen LogP contribution in [0.4, 0.5) is 17.1 Å². The number of aliphatic hydroxyl groups excluding tert-OH is 1. The van der Waals surface area contributed by atoms with Gasteiger partial charge in [0, 0.05) is 26.2 Å². The first kappa shape index (κ1) is 113. The number of hydrogen-bond acceptors (Lipinski definition) is 28. The van der Waals surface area contributed by atoms with Gasteiger partial charge in [-0.25, -0.2) is 19.2 Å². The Morgan fingerprint density at radius 3 is 1.26 bits per heavy atom. The molecule has 0 spiro atoms. The van der Waals surface area contributed by atoms with E-state index in [-0.39, 0.29) is 54.0 Å². The molecule has 45 heteroatoms. The van der Waals surface area contributed by atoms with Crippen molar-refractivity contribution in [2.75, 3.05) is 19.8 Å². The number of ether oxygens (including phenoxy) is 1. The number of nitro benzene ring substituents is 3. The number of hydrogen-bond donors (Lipinski definition) is 19. The molecule has 2 saturated heterocycles. The number of carboxylic acids is 11. The maximum atomic E-state index is 10.5. The molecule has 2 heterocycles. The molecule has 44 nitrogen and oxygen atoms in total. The number of carboxylic acid groups (broad SMARTS) is 11. The second kappa shape index (κ2) is 63.2. The van der Waals surface area contributed by atoms with E-state index in [1.165, 1.54) is 24.3 Å². The van der Waals surface area contributed by atoms with Gasteiger partial charge in [-0.2, -0.15) is 8.42 Å². The summed E-state index contributed by atoms with van der Waals surface area (Å²) in [5.41, 5.74) is 9.21. The Kier molecular flexibility index (Phi) is 59.1. The van der Waals surface area contributed by atoms with Crippen molar-refractivity contribution >= 4 is 105 Å². The first-order chi connectivity index (χ1) is 56.2. The van der Waals surface area contributed by atoms with E-state index in [1.807, 2.05) is 61.5 Å². The normalized spacial score (nSPS) is 12.7. The third-order valence-corrected chi connectivity index (χ3v) is 15.0. The minimum Gasteiger partial charge on any atom is -0.507 e. The van der Waals surface area contributed by atoms with Gasteiger partial charge in [0.25, 0.3) is 21.6 Å². The van der Waals surface area contributed by atoms with E-state index in [0.29, 0.717) is 37.1 Å². The number of rotatable bonds is 27. The lowest BCUT2D eigenvalue weighted by molar-refractivity contribution is -0.404. The molecule has 0 radical (unpaired) electrons. The fraction of sp³-hybridized carbons (Fsp3) is 0.355. The number of aryl methyl sites for hydroxylation is 1. The van der Waals surface area contributed by atoms with Crippen LogP contribution in [0.5, 0.6) is 17.2 Å². The Morgan fingerprint density at radius 1 is 0.562 bits per heavy atom. The van der Waals surface area contributed by atoms with Crippen molar-refractivity contribution < 1.29 is 166 Å². The van der Waals surface area contributed by atoms with Crippen molar-refractivity contribution in [1.29, 1.82) is 0 Å². The van der Waals surface area contributed by atoms with Crippen LogP contribution in [0.15, 0.2) is 157 Å². The molecule has 0 aromatic heterocycles. The average Bonchev–Trinajstić information content (AvgIpc) is 1.74. The Morgan fingerprint density at radius 2 is 0.975 bits per heavy atom. The number of para-hydroxylation sites is 2. The van der Waals surface area contributed by atoms with Crippen LogP contribution in [0.1, 0.15) is 132 Å². The fourth-order valence-electron chi connectivity index (χ4n) is 7.76. The third-order valence-electron chi connectivity index (χ3n) is 14.2. The molecule has 0 saturated carbocycles. The minimum atomic E-state index is -4.02. The van der Waals surface area contributed by atoms with Crippen LogP contribution in [0.25, 0.3) is 0 Å². The van der Waals surface area contributed by atoms with Crippen LogP contribution in [0.2, 0.25) is 0 Å². The summed E-state index contributed by atoms with van der Waals surface area (Å²) in [7, 11) is -4.02. The highest BCUT2D eigenvalue weighted by atomic mass is 32.2. The molecule has 2 aliphatic rings. The van der Waals surface area contributed by atoms with Gasteiger partial charge in [0.15, 0.2) is 6.61 Å². The Hall–Kier alpha value is -14.0. The smallest absolute Gasteiger partial charge is 0.371 e. The number of unbranched alkanes of at least 4 members (excludes halogenated alkanes) is 5. The summed E-state index contributed by atoms with van der Waals surface area (Å²) in [5, 5.41) is 153. The molecule has 4 atom stereocenters. The minimum absolute atomic E-state index is 0.0666. The first-order valence-electron chi connectivity index (χ1n) is 35.3. The second-order valence-electron chi connectivity index (χ2n) is 25.3. The van der Waals surface area contributed by atoms with Gasteiger partial charge >= 0.3 is 77.0 Å². The number of amides is 1. The fourth-order valence-corrected chi connectivity index (χ4v) is 8.24. The quantitative estimate of drug-likeness (QED) is 0.00798. The number of phenolic OH excluding ortho intramolecular Hbond substituents is 1. The highest BCUT2D eigenvalue weighted by Crippen LogP contribution is 2.39. The molecule has 2 aliphatic heterocycles. The molecule has 666 valence electrons. The van der Waals surface area contributed by atoms with Gasteiger partial charge in [0.05, 0.1) is 50.2 Å². The number of nitro groups is 3. The maximum absolute atomic E-state index is 10.5. The summed E-state index contributed by atoms with van der Waals surface area (Å²) >= 11 is 0. The van der Waals surface area contributed by atoms with Crippen LogP contribution in [-0.2, 0) is 80.5 Å². The van der Waals surface area contributed by atoms with E-state index >= 15 is 0 Å². The van der Waals surface area contributed by atoms with Crippen LogP contribution < -0.4 is 26.8 Å². The number of Topliss-reactive ketones (excluding diaryl/α,β-unsaturated/α-hetero) is 1. The predicted molar refractivity (Wildman–Crippen MR) is 425 cm³/mol. The van der Waals surface area contributed by atoms with Crippen LogP contribution in [0, 0.1) is 42.7 Å².